The molecule has 7 nitrogen and oxygen atoms in total. The fourth-order valence-electron chi connectivity index (χ4n) is 2.43. The predicted octanol–water partition coefficient (Wildman–Crippen LogP) is 1.49. The molecule has 1 aromatic rings. The maximum absolute atomic E-state index is 12.3. The highest BCUT2D eigenvalue weighted by atomic mass is 16.5. The average molecular weight is 334 g/mol. The second-order valence-corrected chi connectivity index (χ2v) is 5.42. The highest BCUT2D eigenvalue weighted by Crippen LogP contribution is 2.16. The van der Waals surface area contributed by atoms with Gasteiger partial charge in [-0.05, 0) is 31.9 Å². The minimum absolute atomic E-state index is 0.0412. The molecule has 1 heterocycles. The number of hydrogen-bond acceptors (Lipinski definition) is 5. The summed E-state index contributed by atoms with van der Waals surface area (Å²) in [4.78, 5) is 35.5. The van der Waals surface area contributed by atoms with Crippen molar-refractivity contribution in [2.75, 3.05) is 25.1 Å². The van der Waals surface area contributed by atoms with Gasteiger partial charge in [0.05, 0.1) is 24.0 Å². The van der Waals surface area contributed by atoms with Crippen molar-refractivity contribution in [1.29, 1.82) is 0 Å². The van der Waals surface area contributed by atoms with Gasteiger partial charge in [-0.15, -0.1) is 0 Å². The Morgan fingerprint density at radius 2 is 2.08 bits per heavy atom. The number of nitrogens with one attached hydrogen (secondary N) is 2. The van der Waals surface area contributed by atoms with Crippen LogP contribution in [0.4, 0.5) is 5.69 Å². The van der Waals surface area contributed by atoms with Crippen LogP contribution in [0.1, 0.15) is 36.5 Å². The van der Waals surface area contributed by atoms with Crippen molar-refractivity contribution in [2.24, 2.45) is 0 Å². The first-order valence-electron chi connectivity index (χ1n) is 8.04. The second kappa shape index (κ2) is 9.02. The van der Waals surface area contributed by atoms with Crippen molar-refractivity contribution in [2.45, 2.75) is 32.3 Å². The van der Waals surface area contributed by atoms with Gasteiger partial charge in [-0.25, -0.2) is 0 Å². The third kappa shape index (κ3) is 5.34. The number of carbonyl (C=O) groups excluding carboxylic acids is 3. The summed E-state index contributed by atoms with van der Waals surface area (Å²) < 4.78 is 10.2. The molecule has 0 spiro atoms. The molecule has 2 rings (SSSR count). The molecule has 0 bridgehead atoms. The van der Waals surface area contributed by atoms with Gasteiger partial charge in [0.15, 0.2) is 0 Å². The summed E-state index contributed by atoms with van der Waals surface area (Å²) in [5.74, 6) is -1.42. The summed E-state index contributed by atoms with van der Waals surface area (Å²) in [5, 5.41) is 5.39. The largest absolute Gasteiger partial charge is 0.466 e. The first-order valence-corrected chi connectivity index (χ1v) is 8.04. The summed E-state index contributed by atoms with van der Waals surface area (Å²) in [6, 6.07) is 6.65. The van der Waals surface area contributed by atoms with Gasteiger partial charge < -0.3 is 20.1 Å². The van der Waals surface area contributed by atoms with E-state index in [-0.39, 0.29) is 25.0 Å². The van der Waals surface area contributed by atoms with E-state index in [1.165, 1.54) is 0 Å². The molecule has 1 aromatic carbocycles. The predicted molar refractivity (Wildman–Crippen MR) is 87.6 cm³/mol. The second-order valence-electron chi connectivity index (χ2n) is 5.42. The van der Waals surface area contributed by atoms with Gasteiger partial charge in [-0.3, -0.25) is 14.4 Å². The molecule has 0 saturated carbocycles. The molecule has 130 valence electrons. The molecule has 0 aliphatic carbocycles. The van der Waals surface area contributed by atoms with Crippen molar-refractivity contribution in [3.63, 3.8) is 0 Å². The van der Waals surface area contributed by atoms with E-state index in [1.807, 2.05) is 0 Å². The summed E-state index contributed by atoms with van der Waals surface area (Å²) >= 11 is 0. The van der Waals surface area contributed by atoms with E-state index < -0.39 is 11.9 Å². The Labute approximate surface area is 140 Å². The van der Waals surface area contributed by atoms with Gasteiger partial charge >= 0.3 is 5.97 Å². The van der Waals surface area contributed by atoms with Crippen LogP contribution in [0.2, 0.25) is 0 Å². The molecule has 2 amide bonds. The highest BCUT2D eigenvalue weighted by molar-refractivity contribution is 6.07. The number of hydrogen-bond donors (Lipinski definition) is 2. The number of benzene rings is 1. The summed E-state index contributed by atoms with van der Waals surface area (Å²) in [6.45, 7) is 3.04. The van der Waals surface area contributed by atoms with Crippen LogP contribution in [0, 0.1) is 0 Å². The Kier molecular flexibility index (Phi) is 6.74. The van der Waals surface area contributed by atoms with E-state index in [0.29, 0.717) is 17.8 Å². The lowest BCUT2D eigenvalue weighted by Crippen LogP contribution is -2.32. The Morgan fingerprint density at radius 1 is 1.29 bits per heavy atom. The zero-order valence-corrected chi connectivity index (χ0v) is 13.7. The molecular formula is C17H22N2O5. The van der Waals surface area contributed by atoms with E-state index in [9.17, 15) is 14.4 Å². The quantitative estimate of drug-likeness (QED) is 0.582. The van der Waals surface area contributed by atoms with Crippen LogP contribution in [-0.4, -0.2) is 43.6 Å². The van der Waals surface area contributed by atoms with E-state index >= 15 is 0 Å². The third-order valence-corrected chi connectivity index (χ3v) is 3.57. The molecule has 1 unspecified atom stereocenters. The lowest BCUT2D eigenvalue weighted by Gasteiger charge is -2.13. The van der Waals surface area contributed by atoms with Crippen LogP contribution >= 0.6 is 0 Å². The minimum atomic E-state index is -0.602. The zero-order valence-electron chi connectivity index (χ0n) is 13.7. The standard InChI is InChI=1S/C17H22N2O5/c1-2-23-16(21)10-15(20)19-14-8-4-3-7-13(14)17(22)18-11-12-6-5-9-24-12/h3-4,7-8,12H,2,5-6,9-11H2,1H3,(H,18,22)(H,19,20). The fraction of sp³-hybridized carbons (Fsp3) is 0.471. The minimum Gasteiger partial charge on any atom is -0.466 e. The number of para-hydroxylation sites is 1. The first kappa shape index (κ1) is 17.9. The molecule has 1 atom stereocenters. The molecule has 1 saturated heterocycles. The third-order valence-electron chi connectivity index (χ3n) is 3.57. The number of anilines is 1. The van der Waals surface area contributed by atoms with Crippen LogP contribution in [0.15, 0.2) is 24.3 Å². The van der Waals surface area contributed by atoms with E-state index in [1.54, 1.807) is 31.2 Å². The van der Waals surface area contributed by atoms with Crippen LogP contribution < -0.4 is 10.6 Å². The average Bonchev–Trinajstić information content (AvgIpc) is 3.06. The van der Waals surface area contributed by atoms with Crippen LogP contribution in [-0.2, 0) is 19.1 Å². The maximum atomic E-state index is 12.3. The van der Waals surface area contributed by atoms with Crippen LogP contribution in [0.25, 0.3) is 0 Å². The van der Waals surface area contributed by atoms with Crippen molar-refractivity contribution in [1.82, 2.24) is 5.32 Å². The molecule has 1 fully saturated rings. The zero-order chi connectivity index (χ0) is 17.4. The highest BCUT2D eigenvalue weighted by Gasteiger charge is 2.19. The Balaban J connectivity index is 1.94. The van der Waals surface area contributed by atoms with Crippen molar-refractivity contribution >= 4 is 23.5 Å². The molecule has 0 radical (unpaired) electrons. The van der Waals surface area contributed by atoms with Gasteiger partial charge in [0, 0.05) is 13.2 Å². The summed E-state index contributed by atoms with van der Waals surface area (Å²) in [7, 11) is 0. The van der Waals surface area contributed by atoms with Crippen molar-refractivity contribution in [3.8, 4) is 0 Å². The molecule has 0 aromatic heterocycles. The normalized spacial score (nSPS) is 16.5. The van der Waals surface area contributed by atoms with Crippen molar-refractivity contribution in [3.05, 3.63) is 29.8 Å². The van der Waals surface area contributed by atoms with Crippen LogP contribution in [0.5, 0.6) is 0 Å². The number of ether oxygens (including phenoxy) is 2. The Hall–Kier alpha value is -2.41. The summed E-state index contributed by atoms with van der Waals surface area (Å²) in [5.41, 5.74) is 0.698. The Bertz CT molecular complexity index is 596. The smallest absolute Gasteiger partial charge is 0.315 e. The van der Waals surface area contributed by atoms with Crippen molar-refractivity contribution < 1.29 is 23.9 Å². The lowest BCUT2D eigenvalue weighted by molar-refractivity contribution is -0.145. The van der Waals surface area contributed by atoms with Crippen LogP contribution in [0.3, 0.4) is 0 Å². The van der Waals surface area contributed by atoms with Gasteiger partial charge in [-0.2, -0.15) is 0 Å². The lowest BCUT2D eigenvalue weighted by atomic mass is 10.1. The SMILES string of the molecule is CCOC(=O)CC(=O)Nc1ccccc1C(=O)NCC1CCCO1. The maximum Gasteiger partial charge on any atom is 0.315 e. The van der Waals surface area contributed by atoms with Gasteiger partial charge in [0.25, 0.3) is 5.91 Å². The Morgan fingerprint density at radius 3 is 2.79 bits per heavy atom. The molecule has 7 heteroatoms. The van der Waals surface area contributed by atoms with Gasteiger partial charge in [-0.1, -0.05) is 12.1 Å². The summed E-state index contributed by atoms with van der Waals surface area (Å²) in [6.07, 6.45) is 1.58. The number of carbonyl (C=O) groups is 3. The molecule has 24 heavy (non-hydrogen) atoms. The van der Waals surface area contributed by atoms with E-state index in [2.05, 4.69) is 10.6 Å². The molecule has 2 N–H and O–H groups in total. The first-order chi connectivity index (χ1) is 11.6. The molecule has 1 aliphatic heterocycles. The number of esters is 1. The van der Waals surface area contributed by atoms with E-state index in [4.69, 9.17) is 9.47 Å². The number of amides is 2. The van der Waals surface area contributed by atoms with Gasteiger partial charge in [0.2, 0.25) is 5.91 Å². The fourth-order valence-corrected chi connectivity index (χ4v) is 2.43. The van der Waals surface area contributed by atoms with E-state index in [0.717, 1.165) is 19.4 Å². The molecule has 1 aliphatic rings. The van der Waals surface area contributed by atoms with Gasteiger partial charge in [0.1, 0.15) is 6.42 Å². The molecular weight excluding hydrogens is 312 g/mol. The topological polar surface area (TPSA) is 93.7 Å². The number of rotatable bonds is 7. The monoisotopic (exact) mass is 334 g/mol.